The molecule has 0 spiro atoms. The van der Waals surface area contributed by atoms with Crippen LogP contribution in [-0.4, -0.2) is 34.3 Å². The normalized spacial score (nSPS) is 12.3. The van der Waals surface area contributed by atoms with Crippen LogP contribution in [0, 0.1) is 6.92 Å². The molecule has 2 rings (SSSR count). The molecule has 7 heteroatoms. The Kier molecular flexibility index (Phi) is 7.07. The third kappa shape index (κ3) is 4.65. The zero-order chi connectivity index (χ0) is 20.9. The summed E-state index contributed by atoms with van der Waals surface area (Å²) in [7, 11) is -0.396. The molecule has 0 aliphatic rings. The molecule has 0 saturated heterocycles. The van der Waals surface area contributed by atoms with Crippen molar-refractivity contribution in [3.63, 3.8) is 0 Å². The van der Waals surface area contributed by atoms with Crippen LogP contribution in [-0.2, 0) is 9.84 Å². The number of hydrogen-bond donors (Lipinski definition) is 1. The Balaban J connectivity index is 2.34. The minimum atomic E-state index is -3.51. The molecular weight excluding hydrogens is 378 g/mol. The maximum Gasteiger partial charge on any atom is 0.253 e. The molecule has 6 nitrogen and oxygen atoms in total. The lowest BCUT2D eigenvalue weighted by Crippen LogP contribution is -2.28. The standard InChI is InChI=1S/C21H27NO5S/c1-6-11-28(24,25)20-10-8-7-9-16(20)21(23)22-15(3)17-13-19(27-5)18(26-4)12-14(17)2/h7-10,12-13,15H,6,11H2,1-5H3,(H,22,23). The second-order valence-corrected chi connectivity index (χ2v) is 8.65. The van der Waals surface area contributed by atoms with E-state index in [1.165, 1.54) is 12.1 Å². The van der Waals surface area contributed by atoms with E-state index in [9.17, 15) is 13.2 Å². The fourth-order valence-electron chi connectivity index (χ4n) is 3.12. The van der Waals surface area contributed by atoms with Crippen molar-refractivity contribution in [2.24, 2.45) is 0 Å². The number of benzene rings is 2. The van der Waals surface area contributed by atoms with Gasteiger partial charge in [0, 0.05) is 0 Å². The molecule has 0 aromatic heterocycles. The predicted octanol–water partition coefficient (Wildman–Crippen LogP) is 3.69. The quantitative estimate of drug-likeness (QED) is 0.724. The third-order valence-electron chi connectivity index (χ3n) is 4.53. The Morgan fingerprint density at radius 3 is 2.32 bits per heavy atom. The Bertz CT molecular complexity index is 953. The number of amides is 1. The van der Waals surface area contributed by atoms with Crippen molar-refractivity contribution in [1.82, 2.24) is 5.32 Å². The van der Waals surface area contributed by atoms with Crippen molar-refractivity contribution in [2.75, 3.05) is 20.0 Å². The van der Waals surface area contributed by atoms with Crippen LogP contribution in [0.5, 0.6) is 11.5 Å². The maximum atomic E-state index is 12.9. The van der Waals surface area contributed by atoms with E-state index in [0.717, 1.165) is 11.1 Å². The highest BCUT2D eigenvalue weighted by molar-refractivity contribution is 7.91. The van der Waals surface area contributed by atoms with Crippen molar-refractivity contribution in [3.8, 4) is 11.5 Å². The summed E-state index contributed by atoms with van der Waals surface area (Å²) in [4.78, 5) is 12.9. The van der Waals surface area contributed by atoms with Crippen LogP contribution in [0.1, 0.15) is 47.8 Å². The van der Waals surface area contributed by atoms with Crippen LogP contribution >= 0.6 is 0 Å². The monoisotopic (exact) mass is 405 g/mol. The Morgan fingerprint density at radius 2 is 1.71 bits per heavy atom. The molecule has 1 unspecified atom stereocenters. The number of carbonyl (C=O) groups is 1. The van der Waals surface area contributed by atoms with Gasteiger partial charge in [-0.2, -0.15) is 0 Å². The van der Waals surface area contributed by atoms with Gasteiger partial charge < -0.3 is 14.8 Å². The zero-order valence-electron chi connectivity index (χ0n) is 16.9. The van der Waals surface area contributed by atoms with Crippen molar-refractivity contribution in [2.45, 2.75) is 38.1 Å². The first-order valence-corrected chi connectivity index (χ1v) is 10.8. The molecule has 0 saturated carbocycles. The first kappa shape index (κ1) is 21.8. The average molecular weight is 406 g/mol. The lowest BCUT2D eigenvalue weighted by Gasteiger charge is -2.20. The molecule has 0 aliphatic heterocycles. The van der Waals surface area contributed by atoms with Gasteiger partial charge in [0.1, 0.15) is 0 Å². The van der Waals surface area contributed by atoms with Crippen molar-refractivity contribution >= 4 is 15.7 Å². The van der Waals surface area contributed by atoms with Crippen LogP contribution < -0.4 is 14.8 Å². The number of aryl methyl sites for hydroxylation is 1. The minimum Gasteiger partial charge on any atom is -0.493 e. The van der Waals surface area contributed by atoms with Crippen LogP contribution in [0.25, 0.3) is 0 Å². The summed E-state index contributed by atoms with van der Waals surface area (Å²) < 4.78 is 35.7. The summed E-state index contributed by atoms with van der Waals surface area (Å²) in [6.07, 6.45) is 0.486. The van der Waals surface area contributed by atoms with Crippen molar-refractivity contribution in [1.29, 1.82) is 0 Å². The van der Waals surface area contributed by atoms with Gasteiger partial charge in [-0.1, -0.05) is 19.1 Å². The van der Waals surface area contributed by atoms with Crippen LogP contribution in [0.4, 0.5) is 0 Å². The van der Waals surface area contributed by atoms with Gasteiger partial charge in [-0.05, 0) is 55.7 Å². The molecule has 1 N–H and O–H groups in total. The van der Waals surface area contributed by atoms with E-state index < -0.39 is 15.7 Å². The number of hydrogen-bond acceptors (Lipinski definition) is 5. The number of ether oxygens (including phenoxy) is 2. The Morgan fingerprint density at radius 1 is 1.11 bits per heavy atom. The third-order valence-corrected chi connectivity index (χ3v) is 6.50. The highest BCUT2D eigenvalue weighted by atomic mass is 32.2. The number of carbonyl (C=O) groups excluding carboxylic acids is 1. The fourth-order valence-corrected chi connectivity index (χ4v) is 4.66. The SMILES string of the molecule is CCCS(=O)(=O)c1ccccc1C(=O)NC(C)c1cc(OC)c(OC)cc1C. The number of sulfone groups is 1. The first-order valence-electron chi connectivity index (χ1n) is 9.10. The van der Waals surface area contributed by atoms with E-state index in [2.05, 4.69) is 5.32 Å². The molecule has 1 amide bonds. The number of rotatable bonds is 8. The summed E-state index contributed by atoms with van der Waals surface area (Å²) >= 11 is 0. The lowest BCUT2D eigenvalue weighted by molar-refractivity contribution is 0.0936. The van der Waals surface area contributed by atoms with Gasteiger partial charge in [-0.25, -0.2) is 8.42 Å². The smallest absolute Gasteiger partial charge is 0.253 e. The maximum absolute atomic E-state index is 12.9. The van der Waals surface area contributed by atoms with Gasteiger partial charge in [0.25, 0.3) is 5.91 Å². The van der Waals surface area contributed by atoms with Gasteiger partial charge in [0.15, 0.2) is 21.3 Å². The predicted molar refractivity (Wildman–Crippen MR) is 109 cm³/mol. The van der Waals surface area contributed by atoms with Crippen LogP contribution in [0.15, 0.2) is 41.3 Å². The fraction of sp³-hybridized carbons (Fsp3) is 0.381. The zero-order valence-corrected chi connectivity index (χ0v) is 17.7. The summed E-state index contributed by atoms with van der Waals surface area (Å²) in [5.74, 6) is 0.743. The van der Waals surface area contributed by atoms with Crippen molar-refractivity contribution in [3.05, 3.63) is 53.1 Å². The first-order chi connectivity index (χ1) is 13.2. The Hall–Kier alpha value is -2.54. The molecule has 0 heterocycles. The van der Waals surface area contributed by atoms with Gasteiger partial charge in [-0.15, -0.1) is 0 Å². The lowest BCUT2D eigenvalue weighted by atomic mass is 10.0. The van der Waals surface area contributed by atoms with Gasteiger partial charge in [0.05, 0.1) is 36.5 Å². The van der Waals surface area contributed by atoms with E-state index in [1.54, 1.807) is 33.3 Å². The molecule has 2 aromatic rings. The van der Waals surface area contributed by atoms with Gasteiger partial charge in [0.2, 0.25) is 0 Å². The number of methoxy groups -OCH3 is 2. The Labute approximate surface area is 166 Å². The van der Waals surface area contributed by atoms with E-state index in [-0.39, 0.29) is 22.3 Å². The van der Waals surface area contributed by atoms with Gasteiger partial charge >= 0.3 is 0 Å². The summed E-state index contributed by atoms with van der Waals surface area (Å²) in [6, 6.07) is 9.61. The van der Waals surface area contributed by atoms with E-state index in [1.807, 2.05) is 26.0 Å². The van der Waals surface area contributed by atoms with Crippen LogP contribution in [0.3, 0.4) is 0 Å². The molecule has 0 fully saturated rings. The number of nitrogens with one attached hydrogen (secondary N) is 1. The van der Waals surface area contributed by atoms with Gasteiger partial charge in [-0.3, -0.25) is 4.79 Å². The second kappa shape index (κ2) is 9.10. The van der Waals surface area contributed by atoms with E-state index >= 15 is 0 Å². The largest absolute Gasteiger partial charge is 0.493 e. The van der Waals surface area contributed by atoms with Crippen molar-refractivity contribution < 1.29 is 22.7 Å². The summed E-state index contributed by atoms with van der Waals surface area (Å²) in [6.45, 7) is 5.55. The highest BCUT2D eigenvalue weighted by Crippen LogP contribution is 2.33. The molecular formula is C21H27NO5S. The molecule has 0 radical (unpaired) electrons. The van der Waals surface area contributed by atoms with E-state index in [0.29, 0.717) is 17.9 Å². The summed E-state index contributed by atoms with van der Waals surface area (Å²) in [5.41, 5.74) is 1.94. The second-order valence-electron chi connectivity index (χ2n) is 6.57. The highest BCUT2D eigenvalue weighted by Gasteiger charge is 2.23. The molecule has 1 atom stereocenters. The van der Waals surface area contributed by atoms with E-state index in [4.69, 9.17) is 9.47 Å². The summed E-state index contributed by atoms with van der Waals surface area (Å²) in [5, 5.41) is 2.90. The molecule has 152 valence electrons. The molecule has 0 aliphatic carbocycles. The minimum absolute atomic E-state index is 0.00162. The average Bonchev–Trinajstić information content (AvgIpc) is 2.67. The molecule has 2 aromatic carbocycles. The topological polar surface area (TPSA) is 81.7 Å². The molecule has 0 bridgehead atoms. The molecule has 28 heavy (non-hydrogen) atoms. The van der Waals surface area contributed by atoms with Crippen LogP contribution in [0.2, 0.25) is 0 Å².